The number of rotatable bonds is 1. The second kappa shape index (κ2) is 5.35. The number of morpholine rings is 1. The zero-order chi connectivity index (χ0) is 13.9. The minimum atomic E-state index is -0.177. The number of carbonyl (C=O) groups is 1. The Labute approximate surface area is 117 Å². The maximum atomic E-state index is 12.1. The maximum Gasteiger partial charge on any atom is 0.237 e. The highest BCUT2D eigenvalue weighted by Gasteiger charge is 2.08. The van der Waals surface area contributed by atoms with Crippen molar-refractivity contribution in [1.29, 1.82) is 0 Å². The molecule has 0 unspecified atom stereocenters. The van der Waals surface area contributed by atoms with Crippen LogP contribution >= 0.6 is 0 Å². The molecule has 5 heteroatoms. The Morgan fingerprint density at radius 3 is 2.95 bits per heavy atom. The molecule has 0 radical (unpaired) electrons. The van der Waals surface area contributed by atoms with Gasteiger partial charge in [0.05, 0.1) is 30.6 Å². The van der Waals surface area contributed by atoms with Gasteiger partial charge >= 0.3 is 0 Å². The number of imidazole rings is 1. The van der Waals surface area contributed by atoms with Gasteiger partial charge in [-0.1, -0.05) is 0 Å². The van der Waals surface area contributed by atoms with E-state index in [1.165, 1.54) is 0 Å². The first-order valence-corrected chi connectivity index (χ1v) is 6.54. The standard InChI is InChI=1S/C15H15N3O2/c1-17-11-16-13-10-12(2-3-14(13)17)15(19)4-5-18-6-8-20-9-7-18/h2-3,10-11H,6-9H2,1H3. The Bertz CT molecular complexity index is 703. The number of hydrogen-bond acceptors (Lipinski definition) is 4. The van der Waals surface area contributed by atoms with Crippen LogP contribution in [-0.2, 0) is 11.8 Å². The quantitative estimate of drug-likeness (QED) is 0.573. The summed E-state index contributed by atoms with van der Waals surface area (Å²) in [5, 5.41) is 0. The number of hydrogen-bond donors (Lipinski definition) is 0. The Kier molecular flexibility index (Phi) is 3.40. The summed E-state index contributed by atoms with van der Waals surface area (Å²) >= 11 is 0. The smallest absolute Gasteiger partial charge is 0.237 e. The van der Waals surface area contributed by atoms with Crippen molar-refractivity contribution in [3.63, 3.8) is 0 Å². The van der Waals surface area contributed by atoms with Gasteiger partial charge in [0.15, 0.2) is 0 Å². The van der Waals surface area contributed by atoms with Gasteiger partial charge in [-0.25, -0.2) is 4.98 Å². The third-order valence-electron chi connectivity index (χ3n) is 3.33. The molecule has 0 spiro atoms. The van der Waals surface area contributed by atoms with Gasteiger partial charge in [0, 0.05) is 31.7 Å². The van der Waals surface area contributed by atoms with Crippen molar-refractivity contribution in [3.05, 3.63) is 30.1 Å². The maximum absolute atomic E-state index is 12.1. The molecule has 2 heterocycles. The molecular weight excluding hydrogens is 254 g/mol. The Morgan fingerprint density at radius 1 is 1.35 bits per heavy atom. The van der Waals surface area contributed by atoms with Crippen LogP contribution in [0.5, 0.6) is 0 Å². The van der Waals surface area contributed by atoms with Crippen LogP contribution in [0.3, 0.4) is 0 Å². The lowest BCUT2D eigenvalue weighted by Crippen LogP contribution is -2.32. The van der Waals surface area contributed by atoms with Gasteiger partial charge < -0.3 is 14.2 Å². The first-order valence-electron chi connectivity index (χ1n) is 6.54. The molecule has 0 atom stereocenters. The van der Waals surface area contributed by atoms with E-state index in [9.17, 15) is 4.79 Å². The van der Waals surface area contributed by atoms with E-state index in [2.05, 4.69) is 16.9 Å². The molecular formula is C15H15N3O2. The highest BCUT2D eigenvalue weighted by molar-refractivity contribution is 6.10. The molecule has 0 saturated carbocycles. The van der Waals surface area contributed by atoms with Crippen molar-refractivity contribution in [3.8, 4) is 12.0 Å². The number of carbonyl (C=O) groups excluding carboxylic acids is 1. The second-order valence-corrected chi connectivity index (χ2v) is 4.72. The molecule has 1 aromatic carbocycles. The van der Waals surface area contributed by atoms with Crippen LogP contribution in [0, 0.1) is 12.0 Å². The van der Waals surface area contributed by atoms with E-state index < -0.39 is 0 Å². The lowest BCUT2D eigenvalue weighted by atomic mass is 10.1. The molecule has 0 N–H and O–H groups in total. The highest BCUT2D eigenvalue weighted by atomic mass is 16.5. The summed E-state index contributed by atoms with van der Waals surface area (Å²) < 4.78 is 7.16. The van der Waals surface area contributed by atoms with Crippen LogP contribution in [0.25, 0.3) is 11.0 Å². The second-order valence-electron chi connectivity index (χ2n) is 4.72. The average molecular weight is 269 g/mol. The molecule has 3 rings (SSSR count). The van der Waals surface area contributed by atoms with Crippen molar-refractivity contribution in [2.75, 3.05) is 26.3 Å². The minimum Gasteiger partial charge on any atom is -0.378 e. The molecule has 5 nitrogen and oxygen atoms in total. The van der Waals surface area contributed by atoms with Gasteiger partial charge in [0.2, 0.25) is 5.78 Å². The molecule has 0 amide bonds. The van der Waals surface area contributed by atoms with Crippen LogP contribution in [0.15, 0.2) is 24.5 Å². The van der Waals surface area contributed by atoms with Gasteiger partial charge in [-0.05, 0) is 24.1 Å². The molecule has 0 aliphatic carbocycles. The summed E-state index contributed by atoms with van der Waals surface area (Å²) in [5.74, 6) is 2.51. The summed E-state index contributed by atoms with van der Waals surface area (Å²) in [7, 11) is 1.93. The lowest BCUT2D eigenvalue weighted by molar-refractivity contribution is 0.0637. The van der Waals surface area contributed by atoms with Crippen LogP contribution < -0.4 is 0 Å². The van der Waals surface area contributed by atoms with Crippen molar-refractivity contribution in [2.45, 2.75) is 0 Å². The third kappa shape index (κ3) is 2.51. The predicted octanol–water partition coefficient (Wildman–Crippen LogP) is 1.05. The minimum absolute atomic E-state index is 0.177. The fourth-order valence-corrected chi connectivity index (χ4v) is 2.15. The molecule has 0 bridgehead atoms. The number of fused-ring (bicyclic) bond motifs is 1. The molecule has 1 aromatic heterocycles. The van der Waals surface area contributed by atoms with Gasteiger partial charge in [0.25, 0.3) is 0 Å². The third-order valence-corrected chi connectivity index (χ3v) is 3.33. The van der Waals surface area contributed by atoms with Crippen molar-refractivity contribution in [1.82, 2.24) is 14.5 Å². The number of aromatic nitrogens is 2. The van der Waals surface area contributed by atoms with Gasteiger partial charge in [0.1, 0.15) is 0 Å². The summed E-state index contributed by atoms with van der Waals surface area (Å²) in [6, 6.07) is 8.37. The van der Waals surface area contributed by atoms with E-state index >= 15 is 0 Å². The van der Waals surface area contributed by atoms with E-state index in [4.69, 9.17) is 4.74 Å². The van der Waals surface area contributed by atoms with Crippen molar-refractivity contribution in [2.24, 2.45) is 7.05 Å². The van der Waals surface area contributed by atoms with Crippen LogP contribution in [0.2, 0.25) is 0 Å². The van der Waals surface area contributed by atoms with Gasteiger partial charge in [-0.15, -0.1) is 0 Å². The fourth-order valence-electron chi connectivity index (χ4n) is 2.15. The van der Waals surface area contributed by atoms with E-state index in [0.29, 0.717) is 18.8 Å². The topological polar surface area (TPSA) is 47.4 Å². The first kappa shape index (κ1) is 12.7. The van der Waals surface area contributed by atoms with Gasteiger partial charge in [-0.2, -0.15) is 0 Å². The highest BCUT2D eigenvalue weighted by Crippen LogP contribution is 2.14. The molecule has 1 aliphatic heterocycles. The Hall–Kier alpha value is -2.32. The zero-order valence-electron chi connectivity index (χ0n) is 11.3. The van der Waals surface area contributed by atoms with Crippen LogP contribution in [0.1, 0.15) is 10.4 Å². The molecule has 20 heavy (non-hydrogen) atoms. The Morgan fingerprint density at radius 2 is 2.15 bits per heavy atom. The number of ketones is 1. The number of benzene rings is 1. The number of Topliss-reactive ketones (excluding diaryl/α,β-unsaturated/α-hetero) is 1. The number of ether oxygens (including phenoxy) is 1. The van der Waals surface area contributed by atoms with E-state index in [1.807, 2.05) is 22.6 Å². The molecule has 1 saturated heterocycles. The largest absolute Gasteiger partial charge is 0.378 e. The summed E-state index contributed by atoms with van der Waals surface area (Å²) in [5.41, 5.74) is 2.39. The molecule has 1 aliphatic rings. The SMILES string of the molecule is Cn1cnc2cc(C(=O)C#CN3CCOCC3)ccc21. The Balaban J connectivity index is 1.79. The first-order chi connectivity index (χ1) is 9.74. The molecule has 2 aromatic rings. The van der Waals surface area contributed by atoms with E-state index in [0.717, 1.165) is 24.1 Å². The number of nitrogens with zero attached hydrogens (tertiary/aromatic N) is 3. The average Bonchev–Trinajstić information content (AvgIpc) is 2.87. The number of aryl methyl sites for hydroxylation is 1. The predicted molar refractivity (Wildman–Crippen MR) is 75.2 cm³/mol. The lowest BCUT2D eigenvalue weighted by Gasteiger charge is -2.22. The van der Waals surface area contributed by atoms with E-state index in [1.54, 1.807) is 18.5 Å². The fraction of sp³-hybridized carbons (Fsp3) is 0.333. The van der Waals surface area contributed by atoms with Crippen molar-refractivity contribution < 1.29 is 9.53 Å². The van der Waals surface area contributed by atoms with E-state index in [-0.39, 0.29) is 5.78 Å². The molecule has 1 fully saturated rings. The van der Waals surface area contributed by atoms with Gasteiger partial charge in [-0.3, -0.25) is 4.79 Å². The van der Waals surface area contributed by atoms with Crippen molar-refractivity contribution >= 4 is 16.8 Å². The summed E-state index contributed by atoms with van der Waals surface area (Å²) in [6.45, 7) is 2.84. The molecule has 102 valence electrons. The summed E-state index contributed by atoms with van der Waals surface area (Å²) in [4.78, 5) is 18.2. The summed E-state index contributed by atoms with van der Waals surface area (Å²) in [6.07, 6.45) is 1.73. The normalized spacial score (nSPS) is 14.9. The van der Waals surface area contributed by atoms with Crippen LogP contribution in [-0.4, -0.2) is 46.5 Å². The van der Waals surface area contributed by atoms with Crippen LogP contribution in [0.4, 0.5) is 0 Å². The zero-order valence-corrected chi connectivity index (χ0v) is 11.3. The monoisotopic (exact) mass is 269 g/mol.